The highest BCUT2D eigenvalue weighted by molar-refractivity contribution is 7.98. The molecular formula is C14H15FN2OS. The fourth-order valence-corrected chi connectivity index (χ4v) is 2.42. The van der Waals surface area contributed by atoms with Crippen LogP contribution in [-0.2, 0) is 5.75 Å². The van der Waals surface area contributed by atoms with Gasteiger partial charge in [-0.2, -0.15) is 0 Å². The molecule has 0 aliphatic rings. The second kappa shape index (κ2) is 6.02. The first-order valence-corrected chi connectivity index (χ1v) is 7.01. The summed E-state index contributed by atoms with van der Waals surface area (Å²) in [5, 5.41) is 0.570. The molecule has 1 heterocycles. The molecule has 0 saturated heterocycles. The Balaban J connectivity index is 2.13. The normalized spacial score (nSPS) is 10.9. The van der Waals surface area contributed by atoms with Gasteiger partial charge in [0.2, 0.25) is 0 Å². The third kappa shape index (κ3) is 3.92. The molecule has 3 nitrogen and oxygen atoms in total. The summed E-state index contributed by atoms with van der Waals surface area (Å²) in [4.78, 5) is 18.6. The van der Waals surface area contributed by atoms with Crippen molar-refractivity contribution < 1.29 is 4.39 Å². The van der Waals surface area contributed by atoms with Crippen molar-refractivity contribution in [2.24, 2.45) is 0 Å². The number of hydrogen-bond donors (Lipinski definition) is 1. The van der Waals surface area contributed by atoms with Crippen LogP contribution in [0.2, 0.25) is 0 Å². The Morgan fingerprint density at radius 2 is 2.16 bits per heavy atom. The summed E-state index contributed by atoms with van der Waals surface area (Å²) in [5.41, 5.74) is 1.48. The minimum atomic E-state index is -0.254. The fraction of sp³-hybridized carbons (Fsp3) is 0.286. The van der Waals surface area contributed by atoms with Gasteiger partial charge in [-0.3, -0.25) is 4.79 Å². The van der Waals surface area contributed by atoms with Gasteiger partial charge >= 0.3 is 0 Å². The lowest BCUT2D eigenvalue weighted by atomic mass is 10.1. The predicted molar refractivity (Wildman–Crippen MR) is 74.9 cm³/mol. The number of thioether (sulfide) groups is 1. The SMILES string of the molecule is CC(C)c1cc(=O)[nH]c(SCc2cccc(F)c2)n1. The standard InChI is InChI=1S/C14H15FN2OS/c1-9(2)12-7-13(18)17-14(16-12)19-8-10-4-3-5-11(15)6-10/h3-7,9H,8H2,1-2H3,(H,16,17,18). The molecule has 2 aromatic rings. The summed E-state index contributed by atoms with van der Waals surface area (Å²) in [6, 6.07) is 7.93. The van der Waals surface area contributed by atoms with Crippen LogP contribution in [0.1, 0.15) is 31.0 Å². The zero-order chi connectivity index (χ0) is 13.8. The van der Waals surface area contributed by atoms with E-state index < -0.39 is 0 Å². The number of hydrogen-bond acceptors (Lipinski definition) is 3. The van der Waals surface area contributed by atoms with Gasteiger partial charge in [0, 0.05) is 11.8 Å². The maximum Gasteiger partial charge on any atom is 0.251 e. The summed E-state index contributed by atoms with van der Waals surface area (Å²) < 4.78 is 13.0. The maximum atomic E-state index is 13.0. The molecule has 0 aliphatic heterocycles. The smallest absolute Gasteiger partial charge is 0.251 e. The Bertz CT molecular complexity index is 625. The second-order valence-corrected chi connectivity index (χ2v) is 5.51. The van der Waals surface area contributed by atoms with E-state index in [0.717, 1.165) is 11.3 Å². The van der Waals surface area contributed by atoms with Gasteiger partial charge in [-0.05, 0) is 23.6 Å². The van der Waals surface area contributed by atoms with Crippen LogP contribution >= 0.6 is 11.8 Å². The van der Waals surface area contributed by atoms with Crippen molar-refractivity contribution in [1.82, 2.24) is 9.97 Å². The molecule has 0 radical (unpaired) electrons. The van der Waals surface area contributed by atoms with Gasteiger partial charge in [0.05, 0.1) is 5.69 Å². The first-order chi connectivity index (χ1) is 9.04. The Labute approximate surface area is 115 Å². The van der Waals surface area contributed by atoms with E-state index in [1.165, 1.54) is 30.0 Å². The molecule has 0 unspecified atom stereocenters. The summed E-state index contributed by atoms with van der Waals surface area (Å²) in [6.45, 7) is 3.98. The zero-order valence-corrected chi connectivity index (χ0v) is 11.6. The van der Waals surface area contributed by atoms with Crippen molar-refractivity contribution >= 4 is 11.8 Å². The largest absolute Gasteiger partial charge is 0.301 e. The topological polar surface area (TPSA) is 45.8 Å². The number of aromatic nitrogens is 2. The first kappa shape index (κ1) is 13.8. The molecule has 0 atom stereocenters. The lowest BCUT2D eigenvalue weighted by Gasteiger charge is -2.06. The number of aromatic amines is 1. The highest BCUT2D eigenvalue weighted by atomic mass is 32.2. The molecule has 0 fully saturated rings. The molecule has 1 N–H and O–H groups in total. The van der Waals surface area contributed by atoms with Gasteiger partial charge in [0.25, 0.3) is 5.56 Å². The van der Waals surface area contributed by atoms with Gasteiger partial charge in [0.15, 0.2) is 5.16 Å². The molecule has 0 saturated carbocycles. The van der Waals surface area contributed by atoms with Crippen molar-refractivity contribution in [1.29, 1.82) is 0 Å². The van der Waals surface area contributed by atoms with Crippen LogP contribution in [0, 0.1) is 5.82 Å². The molecule has 0 spiro atoms. The minimum Gasteiger partial charge on any atom is -0.301 e. The van der Waals surface area contributed by atoms with Gasteiger partial charge in [-0.25, -0.2) is 9.37 Å². The van der Waals surface area contributed by atoms with Crippen LogP contribution in [0.15, 0.2) is 40.3 Å². The Morgan fingerprint density at radius 1 is 1.37 bits per heavy atom. The third-order valence-corrected chi connectivity index (χ3v) is 3.54. The molecule has 0 aliphatic carbocycles. The number of rotatable bonds is 4. The van der Waals surface area contributed by atoms with Crippen LogP contribution < -0.4 is 5.56 Å². The van der Waals surface area contributed by atoms with Gasteiger partial charge in [-0.1, -0.05) is 37.7 Å². The van der Waals surface area contributed by atoms with Gasteiger partial charge in [-0.15, -0.1) is 0 Å². The van der Waals surface area contributed by atoms with E-state index >= 15 is 0 Å². The Hall–Kier alpha value is -1.62. The highest BCUT2D eigenvalue weighted by Gasteiger charge is 2.06. The Morgan fingerprint density at radius 3 is 2.84 bits per heavy atom. The van der Waals surface area contributed by atoms with E-state index in [1.807, 2.05) is 19.9 Å². The molecule has 5 heteroatoms. The summed E-state index contributed by atoms with van der Waals surface area (Å²) in [5.74, 6) is 0.522. The molecule has 100 valence electrons. The van der Waals surface area contributed by atoms with E-state index in [2.05, 4.69) is 9.97 Å². The lowest BCUT2D eigenvalue weighted by molar-refractivity contribution is 0.626. The summed E-state index contributed by atoms with van der Waals surface area (Å²) >= 11 is 1.39. The molecule has 0 bridgehead atoms. The average molecular weight is 278 g/mol. The van der Waals surface area contributed by atoms with Crippen molar-refractivity contribution in [2.45, 2.75) is 30.7 Å². The molecule has 2 rings (SSSR count). The Kier molecular flexibility index (Phi) is 4.37. The second-order valence-electron chi connectivity index (χ2n) is 4.55. The van der Waals surface area contributed by atoms with E-state index in [0.29, 0.717) is 10.9 Å². The molecule has 0 amide bonds. The number of benzene rings is 1. The number of H-pyrrole nitrogens is 1. The number of nitrogens with zero attached hydrogens (tertiary/aromatic N) is 1. The van der Waals surface area contributed by atoms with E-state index in [-0.39, 0.29) is 17.3 Å². The third-order valence-electron chi connectivity index (χ3n) is 2.60. The van der Waals surface area contributed by atoms with Crippen LogP contribution in [0.5, 0.6) is 0 Å². The summed E-state index contributed by atoms with van der Waals surface area (Å²) in [6.07, 6.45) is 0. The average Bonchev–Trinajstić information content (AvgIpc) is 2.36. The maximum absolute atomic E-state index is 13.0. The first-order valence-electron chi connectivity index (χ1n) is 6.03. The van der Waals surface area contributed by atoms with Crippen molar-refractivity contribution in [3.8, 4) is 0 Å². The van der Waals surface area contributed by atoms with Gasteiger partial charge in [0.1, 0.15) is 5.82 Å². The van der Waals surface area contributed by atoms with Crippen molar-refractivity contribution in [3.63, 3.8) is 0 Å². The monoisotopic (exact) mass is 278 g/mol. The van der Waals surface area contributed by atoms with E-state index in [9.17, 15) is 9.18 Å². The zero-order valence-electron chi connectivity index (χ0n) is 10.8. The van der Waals surface area contributed by atoms with Crippen LogP contribution in [0.25, 0.3) is 0 Å². The van der Waals surface area contributed by atoms with Crippen molar-refractivity contribution in [3.05, 3.63) is 57.8 Å². The van der Waals surface area contributed by atoms with Crippen molar-refractivity contribution in [2.75, 3.05) is 0 Å². The van der Waals surface area contributed by atoms with Crippen LogP contribution in [-0.4, -0.2) is 9.97 Å². The van der Waals surface area contributed by atoms with E-state index in [4.69, 9.17) is 0 Å². The predicted octanol–water partition coefficient (Wildman–Crippen LogP) is 3.32. The molecular weight excluding hydrogens is 263 g/mol. The molecule has 1 aromatic heterocycles. The highest BCUT2D eigenvalue weighted by Crippen LogP contribution is 2.20. The molecule has 19 heavy (non-hydrogen) atoms. The number of halogens is 1. The lowest BCUT2D eigenvalue weighted by Crippen LogP contribution is -2.10. The molecule has 1 aromatic carbocycles. The van der Waals surface area contributed by atoms with Crippen LogP contribution in [0.3, 0.4) is 0 Å². The quantitative estimate of drug-likeness (QED) is 0.689. The fourth-order valence-electron chi connectivity index (χ4n) is 1.60. The van der Waals surface area contributed by atoms with Gasteiger partial charge < -0.3 is 4.98 Å². The minimum absolute atomic E-state index is 0.152. The summed E-state index contributed by atoms with van der Waals surface area (Å²) in [7, 11) is 0. The van der Waals surface area contributed by atoms with Crippen LogP contribution in [0.4, 0.5) is 4.39 Å². The number of nitrogens with one attached hydrogen (secondary N) is 1. The van der Waals surface area contributed by atoms with E-state index in [1.54, 1.807) is 6.07 Å².